The summed E-state index contributed by atoms with van der Waals surface area (Å²) in [6.07, 6.45) is -3.03. The van der Waals surface area contributed by atoms with Crippen molar-refractivity contribution in [2.45, 2.75) is 12.2 Å². The second-order valence-corrected chi connectivity index (χ2v) is 8.81. The number of para-hydroxylation sites is 1. The van der Waals surface area contributed by atoms with Gasteiger partial charge in [0.1, 0.15) is 6.10 Å². The molecule has 1 heterocycles. The molecule has 2 N–H and O–H groups in total. The molecule has 0 radical (unpaired) electrons. The average molecular weight is 484 g/mol. The number of carbonyl (C=O) groups is 1. The van der Waals surface area contributed by atoms with Crippen molar-refractivity contribution in [3.05, 3.63) is 58.1 Å². The van der Waals surface area contributed by atoms with E-state index in [0.29, 0.717) is 27.0 Å². The van der Waals surface area contributed by atoms with Crippen molar-refractivity contribution in [2.24, 2.45) is 0 Å². The van der Waals surface area contributed by atoms with Gasteiger partial charge in [0.2, 0.25) is 0 Å². The summed E-state index contributed by atoms with van der Waals surface area (Å²) in [5.41, 5.74) is 1.82. The zero-order chi connectivity index (χ0) is 22.5. The third-order valence-electron chi connectivity index (χ3n) is 5.46. The molecule has 6 nitrogen and oxygen atoms in total. The zero-order valence-electron chi connectivity index (χ0n) is 17.3. The average Bonchev–Trinajstić information content (AvgIpc) is 2.78. The Hall–Kier alpha value is -1.48. The lowest BCUT2D eigenvalue weighted by molar-refractivity contribution is -0.132. The van der Waals surface area contributed by atoms with Gasteiger partial charge in [-0.15, -0.1) is 0 Å². The maximum Gasteiger partial charge on any atom is 0.258 e. The van der Waals surface area contributed by atoms with Crippen LogP contribution in [0.3, 0.4) is 0 Å². The van der Waals surface area contributed by atoms with Crippen LogP contribution in [0.25, 0.3) is 0 Å². The van der Waals surface area contributed by atoms with Gasteiger partial charge in [-0.1, -0.05) is 41.4 Å². The maximum absolute atomic E-state index is 13.2. The molecule has 2 unspecified atom stereocenters. The van der Waals surface area contributed by atoms with E-state index in [-0.39, 0.29) is 6.54 Å². The topological polar surface area (TPSA) is 67.2 Å². The standard InChI is InChI=1S/C22H27Cl2N3O3S/c1-25-8-10-26(11-9-25)19-5-3-2-4-16(19)20(28)21(29)22(30)27(12-13-31)15-6-7-17(23)18(24)14-15/h2-7,14,20-21,28-29,31H,8-13H2,1H3. The Labute approximate surface area is 198 Å². The number of aliphatic hydroxyl groups excluding tert-OH is 2. The van der Waals surface area contributed by atoms with Crippen molar-refractivity contribution in [2.75, 3.05) is 55.3 Å². The zero-order valence-corrected chi connectivity index (χ0v) is 19.7. The van der Waals surface area contributed by atoms with Gasteiger partial charge in [-0.05, 0) is 31.3 Å². The number of nitrogens with zero attached hydrogens (tertiary/aromatic N) is 3. The number of piperazine rings is 1. The van der Waals surface area contributed by atoms with Gasteiger partial charge in [0.15, 0.2) is 6.10 Å². The number of likely N-dealkylation sites (N-methyl/N-ethyl adjacent to an activating group) is 1. The first-order valence-corrected chi connectivity index (χ1v) is 11.5. The van der Waals surface area contributed by atoms with Gasteiger partial charge in [-0.2, -0.15) is 12.6 Å². The first kappa shape index (κ1) is 24.2. The largest absolute Gasteiger partial charge is 0.385 e. The van der Waals surface area contributed by atoms with Crippen LogP contribution in [0.5, 0.6) is 0 Å². The lowest BCUT2D eigenvalue weighted by atomic mass is 10.00. The molecule has 1 aliphatic rings. The molecule has 0 aromatic heterocycles. The van der Waals surface area contributed by atoms with E-state index in [1.807, 2.05) is 12.1 Å². The minimum Gasteiger partial charge on any atom is -0.385 e. The predicted molar refractivity (Wildman–Crippen MR) is 130 cm³/mol. The van der Waals surface area contributed by atoms with Gasteiger partial charge in [0, 0.05) is 55.4 Å². The molecule has 1 fully saturated rings. The third kappa shape index (κ3) is 5.66. The number of aliphatic hydroxyl groups is 2. The van der Waals surface area contributed by atoms with Crippen molar-refractivity contribution in [1.29, 1.82) is 0 Å². The van der Waals surface area contributed by atoms with Crippen LogP contribution < -0.4 is 9.80 Å². The maximum atomic E-state index is 13.2. The third-order valence-corrected chi connectivity index (χ3v) is 6.39. The molecule has 1 amide bonds. The number of thiol groups is 1. The van der Waals surface area contributed by atoms with Crippen molar-refractivity contribution >= 4 is 53.1 Å². The quantitative estimate of drug-likeness (QED) is 0.528. The first-order valence-electron chi connectivity index (χ1n) is 10.1. The highest BCUT2D eigenvalue weighted by molar-refractivity contribution is 7.80. The summed E-state index contributed by atoms with van der Waals surface area (Å²) in [5, 5.41) is 22.5. The molecule has 9 heteroatoms. The molecule has 1 saturated heterocycles. The van der Waals surface area contributed by atoms with Crippen LogP contribution in [0.1, 0.15) is 11.7 Å². The summed E-state index contributed by atoms with van der Waals surface area (Å²) < 4.78 is 0. The van der Waals surface area contributed by atoms with E-state index in [4.69, 9.17) is 23.2 Å². The van der Waals surface area contributed by atoms with Crippen molar-refractivity contribution in [1.82, 2.24) is 4.90 Å². The van der Waals surface area contributed by atoms with Crippen LogP contribution in [-0.2, 0) is 4.79 Å². The molecule has 168 valence electrons. The van der Waals surface area contributed by atoms with E-state index in [1.54, 1.807) is 30.3 Å². The van der Waals surface area contributed by atoms with Crippen molar-refractivity contribution in [3.8, 4) is 0 Å². The second kappa shape index (κ2) is 10.9. The second-order valence-electron chi connectivity index (χ2n) is 7.55. The summed E-state index contributed by atoms with van der Waals surface area (Å²) in [5.74, 6) is -0.264. The molecular formula is C22H27Cl2N3O3S. The summed E-state index contributed by atoms with van der Waals surface area (Å²) in [6.45, 7) is 3.65. The van der Waals surface area contributed by atoms with Crippen LogP contribution in [0, 0.1) is 0 Å². The van der Waals surface area contributed by atoms with E-state index in [9.17, 15) is 15.0 Å². The number of amides is 1. The van der Waals surface area contributed by atoms with Crippen molar-refractivity contribution in [3.63, 3.8) is 0 Å². The molecule has 0 spiro atoms. The first-order chi connectivity index (χ1) is 14.8. The van der Waals surface area contributed by atoms with E-state index in [2.05, 4.69) is 29.5 Å². The van der Waals surface area contributed by atoms with E-state index in [1.165, 1.54) is 4.90 Å². The summed E-state index contributed by atoms with van der Waals surface area (Å²) in [4.78, 5) is 18.9. The number of hydrogen-bond donors (Lipinski definition) is 3. The Morgan fingerprint density at radius 1 is 1.10 bits per heavy atom. The lowest BCUT2D eigenvalue weighted by Crippen LogP contribution is -2.46. The number of halogens is 2. The molecule has 0 saturated carbocycles. The number of anilines is 2. The highest BCUT2D eigenvalue weighted by Gasteiger charge is 2.32. The fourth-order valence-electron chi connectivity index (χ4n) is 3.66. The van der Waals surface area contributed by atoms with Crippen LogP contribution in [0.2, 0.25) is 10.0 Å². The van der Waals surface area contributed by atoms with Crippen LogP contribution in [0.15, 0.2) is 42.5 Å². The number of rotatable bonds is 7. The van der Waals surface area contributed by atoms with Crippen molar-refractivity contribution < 1.29 is 15.0 Å². The molecule has 1 aliphatic heterocycles. The van der Waals surface area contributed by atoms with Gasteiger partial charge in [-0.3, -0.25) is 4.79 Å². The number of hydrogen-bond acceptors (Lipinski definition) is 6. The molecular weight excluding hydrogens is 457 g/mol. The monoisotopic (exact) mass is 483 g/mol. The molecule has 3 rings (SSSR count). The summed E-state index contributed by atoms with van der Waals surface area (Å²) >= 11 is 16.3. The lowest BCUT2D eigenvalue weighted by Gasteiger charge is -2.36. The minimum absolute atomic E-state index is 0.240. The van der Waals surface area contributed by atoms with E-state index < -0.39 is 18.1 Å². The van der Waals surface area contributed by atoms with Gasteiger partial charge in [0.05, 0.1) is 10.0 Å². The molecule has 2 aromatic carbocycles. The normalized spacial score (nSPS) is 16.8. The van der Waals surface area contributed by atoms with Gasteiger partial charge in [0.25, 0.3) is 5.91 Å². The van der Waals surface area contributed by atoms with E-state index in [0.717, 1.165) is 31.9 Å². The fourth-order valence-corrected chi connectivity index (χ4v) is 4.15. The number of carbonyl (C=O) groups excluding carboxylic acids is 1. The summed E-state index contributed by atoms with van der Waals surface area (Å²) in [7, 11) is 2.07. The Morgan fingerprint density at radius 3 is 2.42 bits per heavy atom. The molecule has 0 aliphatic carbocycles. The van der Waals surface area contributed by atoms with Crippen LogP contribution in [-0.4, -0.2) is 72.6 Å². The Bertz CT molecular complexity index is 909. The number of benzene rings is 2. The van der Waals surface area contributed by atoms with E-state index >= 15 is 0 Å². The van der Waals surface area contributed by atoms with Gasteiger partial charge < -0.3 is 24.9 Å². The highest BCUT2D eigenvalue weighted by Crippen LogP contribution is 2.32. The predicted octanol–water partition coefficient (Wildman–Crippen LogP) is 3.10. The Balaban J connectivity index is 1.85. The SMILES string of the molecule is CN1CCN(c2ccccc2C(O)C(O)C(=O)N(CCS)c2ccc(Cl)c(Cl)c2)CC1. The highest BCUT2D eigenvalue weighted by atomic mass is 35.5. The molecule has 2 aromatic rings. The van der Waals surface area contributed by atoms with Crippen LogP contribution >= 0.6 is 35.8 Å². The van der Waals surface area contributed by atoms with Crippen LogP contribution in [0.4, 0.5) is 11.4 Å². The van der Waals surface area contributed by atoms with Gasteiger partial charge >= 0.3 is 0 Å². The molecule has 0 bridgehead atoms. The minimum atomic E-state index is -1.65. The molecule has 31 heavy (non-hydrogen) atoms. The fraction of sp³-hybridized carbons (Fsp3) is 0.409. The van der Waals surface area contributed by atoms with Gasteiger partial charge in [-0.25, -0.2) is 0 Å². The summed E-state index contributed by atoms with van der Waals surface area (Å²) in [6, 6.07) is 12.1. The molecule has 2 atom stereocenters. The smallest absolute Gasteiger partial charge is 0.258 e. The Morgan fingerprint density at radius 2 is 1.77 bits per heavy atom. The Kier molecular flexibility index (Phi) is 8.50.